The van der Waals surface area contributed by atoms with Gasteiger partial charge < -0.3 is 10.6 Å². The monoisotopic (exact) mass is 205 g/mol. The van der Waals surface area contributed by atoms with E-state index in [4.69, 9.17) is 0 Å². The zero-order valence-corrected chi connectivity index (χ0v) is 9.22. The second-order valence-electron chi connectivity index (χ2n) is 4.58. The van der Waals surface area contributed by atoms with Gasteiger partial charge in [0.1, 0.15) is 0 Å². The third-order valence-corrected chi connectivity index (χ3v) is 2.37. The number of carbonyl (C=O) groups excluding carboxylic acids is 1. The zero-order chi connectivity index (χ0) is 11.1. The van der Waals surface area contributed by atoms with E-state index in [9.17, 15) is 4.79 Å². The number of aryl methyl sites for hydroxylation is 1. The highest BCUT2D eigenvalue weighted by atomic mass is 16.1. The summed E-state index contributed by atoms with van der Waals surface area (Å²) in [5.41, 5.74) is 1.44. The molecule has 0 saturated carbocycles. The first-order valence-corrected chi connectivity index (χ1v) is 5.02. The molecule has 1 aliphatic heterocycles. The molecular formula is C11H15N3O. The Morgan fingerprint density at radius 2 is 2.13 bits per heavy atom. The van der Waals surface area contributed by atoms with E-state index < -0.39 is 0 Å². The number of aromatic nitrogens is 1. The van der Waals surface area contributed by atoms with E-state index in [1.807, 2.05) is 32.9 Å². The molecule has 0 aromatic carbocycles. The smallest absolute Gasteiger partial charge is 0.226 e. The maximum atomic E-state index is 11.6. The van der Waals surface area contributed by atoms with Gasteiger partial charge in [-0.3, -0.25) is 4.79 Å². The van der Waals surface area contributed by atoms with E-state index >= 15 is 0 Å². The van der Waals surface area contributed by atoms with Crippen LogP contribution in [-0.2, 0) is 4.79 Å². The number of pyridine rings is 1. The van der Waals surface area contributed by atoms with Crippen LogP contribution in [0, 0.1) is 6.92 Å². The number of rotatable bonds is 0. The third kappa shape index (κ3) is 2.09. The van der Waals surface area contributed by atoms with Gasteiger partial charge >= 0.3 is 0 Å². The first-order chi connectivity index (χ1) is 6.96. The van der Waals surface area contributed by atoms with Crippen LogP contribution in [0.25, 0.3) is 0 Å². The average Bonchev–Trinajstić information content (AvgIpc) is 2.17. The van der Waals surface area contributed by atoms with Crippen molar-refractivity contribution < 1.29 is 4.79 Å². The molecule has 1 aliphatic rings. The highest BCUT2D eigenvalue weighted by molar-refractivity contribution is 5.96. The van der Waals surface area contributed by atoms with Crippen molar-refractivity contribution in [3.8, 4) is 0 Å². The van der Waals surface area contributed by atoms with Crippen LogP contribution in [0.15, 0.2) is 12.1 Å². The van der Waals surface area contributed by atoms with Gasteiger partial charge in [0.2, 0.25) is 5.91 Å². The standard InChI is InChI=1S/C11H15N3O/c1-7-4-5-8-10(12-7)14-11(2,3)6-9(15)13-8/h4-5H,6H2,1-3H3,(H,12,14)(H,13,15). The third-order valence-electron chi connectivity index (χ3n) is 2.37. The zero-order valence-electron chi connectivity index (χ0n) is 9.22. The van der Waals surface area contributed by atoms with E-state index in [0.717, 1.165) is 17.2 Å². The lowest BCUT2D eigenvalue weighted by molar-refractivity contribution is -0.116. The molecule has 2 heterocycles. The van der Waals surface area contributed by atoms with Gasteiger partial charge in [0, 0.05) is 17.7 Å². The van der Waals surface area contributed by atoms with Gasteiger partial charge in [-0.1, -0.05) is 0 Å². The molecule has 4 heteroatoms. The van der Waals surface area contributed by atoms with Crippen molar-refractivity contribution in [2.24, 2.45) is 0 Å². The minimum Gasteiger partial charge on any atom is -0.363 e. The van der Waals surface area contributed by atoms with E-state index in [1.165, 1.54) is 0 Å². The summed E-state index contributed by atoms with van der Waals surface area (Å²) in [7, 11) is 0. The Morgan fingerprint density at radius 1 is 1.40 bits per heavy atom. The fraction of sp³-hybridized carbons (Fsp3) is 0.455. The number of anilines is 2. The number of nitrogens with zero attached hydrogens (tertiary/aromatic N) is 1. The van der Waals surface area contributed by atoms with Crippen LogP contribution >= 0.6 is 0 Å². The van der Waals surface area contributed by atoms with Crippen LogP contribution < -0.4 is 10.6 Å². The van der Waals surface area contributed by atoms with E-state index in [1.54, 1.807) is 0 Å². The van der Waals surface area contributed by atoms with Crippen LogP contribution in [0.3, 0.4) is 0 Å². The summed E-state index contributed by atoms with van der Waals surface area (Å²) in [6.07, 6.45) is 0.447. The fourth-order valence-electron chi connectivity index (χ4n) is 1.71. The number of hydrogen-bond donors (Lipinski definition) is 2. The number of hydrogen-bond acceptors (Lipinski definition) is 3. The summed E-state index contributed by atoms with van der Waals surface area (Å²) in [6.45, 7) is 5.92. The molecule has 15 heavy (non-hydrogen) atoms. The molecular weight excluding hydrogens is 190 g/mol. The largest absolute Gasteiger partial charge is 0.363 e. The van der Waals surface area contributed by atoms with Crippen LogP contribution in [0.5, 0.6) is 0 Å². The Balaban J connectivity index is 2.45. The fourth-order valence-corrected chi connectivity index (χ4v) is 1.71. The highest BCUT2D eigenvalue weighted by Crippen LogP contribution is 2.28. The lowest BCUT2D eigenvalue weighted by Gasteiger charge is -2.23. The van der Waals surface area contributed by atoms with Crippen molar-refractivity contribution in [3.63, 3.8) is 0 Å². The molecule has 2 rings (SSSR count). The first-order valence-electron chi connectivity index (χ1n) is 5.02. The topological polar surface area (TPSA) is 54.0 Å². The Hall–Kier alpha value is -1.58. The van der Waals surface area contributed by atoms with Gasteiger partial charge in [-0.15, -0.1) is 0 Å². The van der Waals surface area contributed by atoms with Crippen molar-refractivity contribution >= 4 is 17.4 Å². The molecule has 1 aromatic rings. The first kappa shape index (κ1) is 9.96. The minimum atomic E-state index is -0.254. The van der Waals surface area contributed by atoms with Gasteiger partial charge in [-0.25, -0.2) is 4.98 Å². The Bertz CT molecular complexity index is 412. The van der Waals surface area contributed by atoms with E-state index in [-0.39, 0.29) is 11.4 Å². The minimum absolute atomic E-state index is 0.0249. The van der Waals surface area contributed by atoms with Crippen LogP contribution in [0.2, 0.25) is 0 Å². The number of nitrogens with one attached hydrogen (secondary N) is 2. The Kier molecular flexibility index (Phi) is 2.14. The summed E-state index contributed by atoms with van der Waals surface area (Å²) in [4.78, 5) is 15.9. The maximum absolute atomic E-state index is 11.6. The normalized spacial score (nSPS) is 18.5. The molecule has 1 aromatic heterocycles. The molecule has 1 amide bonds. The second-order valence-corrected chi connectivity index (χ2v) is 4.58. The van der Waals surface area contributed by atoms with E-state index in [0.29, 0.717) is 6.42 Å². The molecule has 0 radical (unpaired) electrons. The van der Waals surface area contributed by atoms with Crippen molar-refractivity contribution in [1.29, 1.82) is 0 Å². The Morgan fingerprint density at radius 3 is 2.87 bits per heavy atom. The van der Waals surface area contributed by atoms with Gasteiger partial charge in [-0.2, -0.15) is 0 Å². The van der Waals surface area contributed by atoms with Crippen LogP contribution in [0.1, 0.15) is 26.0 Å². The molecule has 0 fully saturated rings. The van der Waals surface area contributed by atoms with Crippen molar-refractivity contribution in [3.05, 3.63) is 17.8 Å². The number of carbonyl (C=O) groups is 1. The molecule has 2 N–H and O–H groups in total. The SMILES string of the molecule is Cc1ccc2c(n1)NC(C)(C)CC(=O)N2. The molecule has 0 aliphatic carbocycles. The quantitative estimate of drug-likeness (QED) is 0.680. The molecule has 4 nitrogen and oxygen atoms in total. The summed E-state index contributed by atoms with van der Waals surface area (Å²) in [6, 6.07) is 3.77. The summed E-state index contributed by atoms with van der Waals surface area (Å²) in [5.74, 6) is 0.780. The second kappa shape index (κ2) is 3.22. The lowest BCUT2D eigenvalue weighted by Crippen LogP contribution is -2.33. The maximum Gasteiger partial charge on any atom is 0.226 e. The van der Waals surface area contributed by atoms with Gasteiger partial charge in [0.25, 0.3) is 0 Å². The van der Waals surface area contributed by atoms with Gasteiger partial charge in [0.15, 0.2) is 5.82 Å². The summed E-state index contributed by atoms with van der Waals surface area (Å²) >= 11 is 0. The van der Waals surface area contributed by atoms with Crippen molar-refractivity contribution in [2.75, 3.05) is 10.6 Å². The Labute approximate surface area is 89.1 Å². The predicted molar refractivity (Wildman–Crippen MR) is 59.9 cm³/mol. The molecule has 0 spiro atoms. The molecule has 0 atom stereocenters. The molecule has 0 saturated heterocycles. The molecule has 0 unspecified atom stereocenters. The average molecular weight is 205 g/mol. The lowest BCUT2D eigenvalue weighted by atomic mass is 10.0. The summed E-state index contributed by atoms with van der Waals surface area (Å²) < 4.78 is 0. The number of amides is 1. The van der Waals surface area contributed by atoms with Crippen molar-refractivity contribution in [2.45, 2.75) is 32.7 Å². The van der Waals surface area contributed by atoms with E-state index in [2.05, 4.69) is 15.6 Å². The molecule has 80 valence electrons. The summed E-state index contributed by atoms with van der Waals surface area (Å²) in [5, 5.41) is 6.12. The predicted octanol–water partition coefficient (Wildman–Crippen LogP) is 1.92. The van der Waals surface area contributed by atoms with Gasteiger partial charge in [0.05, 0.1) is 5.69 Å². The highest BCUT2D eigenvalue weighted by Gasteiger charge is 2.27. The number of fused-ring (bicyclic) bond motifs is 1. The van der Waals surface area contributed by atoms with Gasteiger partial charge in [-0.05, 0) is 32.9 Å². The van der Waals surface area contributed by atoms with Crippen LogP contribution in [0.4, 0.5) is 11.5 Å². The molecule has 0 bridgehead atoms. The van der Waals surface area contributed by atoms with Crippen LogP contribution in [-0.4, -0.2) is 16.4 Å². The van der Waals surface area contributed by atoms with Crippen molar-refractivity contribution in [1.82, 2.24) is 4.98 Å².